The molecule has 0 aliphatic carbocycles. The van der Waals surface area contributed by atoms with Crippen molar-refractivity contribution in [2.75, 3.05) is 13.2 Å². The van der Waals surface area contributed by atoms with Gasteiger partial charge in [0, 0.05) is 18.5 Å². The van der Waals surface area contributed by atoms with Gasteiger partial charge >= 0.3 is 5.97 Å². The number of hydrogen-bond donors (Lipinski definition) is 1. The summed E-state index contributed by atoms with van der Waals surface area (Å²) in [6.07, 6.45) is 3.97. The number of aromatic nitrogens is 1. The van der Waals surface area contributed by atoms with Crippen molar-refractivity contribution >= 4 is 5.97 Å². The second-order valence-corrected chi connectivity index (χ2v) is 7.73. The van der Waals surface area contributed by atoms with Gasteiger partial charge in [0.1, 0.15) is 18.1 Å². The van der Waals surface area contributed by atoms with Gasteiger partial charge in [0.25, 0.3) is 0 Å². The first kappa shape index (κ1) is 20.2. The van der Waals surface area contributed by atoms with Crippen LogP contribution in [-0.2, 0) is 17.8 Å². The number of rotatable bonds is 8. The summed E-state index contributed by atoms with van der Waals surface area (Å²) in [7, 11) is 0. The lowest BCUT2D eigenvalue weighted by atomic mass is 10.1. The Kier molecular flexibility index (Phi) is 6.14. The Labute approximate surface area is 176 Å². The molecule has 3 aromatic rings. The van der Waals surface area contributed by atoms with Gasteiger partial charge in [-0.25, -0.2) is 4.98 Å². The molecular formula is C24H26N2O4. The molecule has 2 heterocycles. The lowest BCUT2D eigenvalue weighted by Gasteiger charge is -2.21. The summed E-state index contributed by atoms with van der Waals surface area (Å²) >= 11 is 0. The molecule has 156 valence electrons. The Morgan fingerprint density at radius 3 is 2.97 bits per heavy atom. The summed E-state index contributed by atoms with van der Waals surface area (Å²) in [5.74, 6) is 0.660. The van der Waals surface area contributed by atoms with E-state index in [-0.39, 0.29) is 6.04 Å². The summed E-state index contributed by atoms with van der Waals surface area (Å²) in [6, 6.07) is 15.5. The summed E-state index contributed by atoms with van der Waals surface area (Å²) in [4.78, 5) is 17.9. The minimum absolute atomic E-state index is 0.385. The smallest absolute Gasteiger partial charge is 0.320 e. The monoisotopic (exact) mass is 406 g/mol. The molecule has 0 spiro atoms. The summed E-state index contributed by atoms with van der Waals surface area (Å²) in [5, 5.41) is 9.35. The average molecular weight is 406 g/mol. The number of carbonyl (C=O) groups is 1. The number of likely N-dealkylation sites (tertiary alicyclic amines) is 1. The third-order valence-corrected chi connectivity index (χ3v) is 5.38. The molecule has 1 aromatic heterocycles. The molecule has 4 rings (SSSR count). The van der Waals surface area contributed by atoms with Crippen LogP contribution in [0.5, 0.6) is 5.75 Å². The molecule has 30 heavy (non-hydrogen) atoms. The van der Waals surface area contributed by atoms with Crippen molar-refractivity contribution in [3.05, 3.63) is 71.6 Å². The summed E-state index contributed by atoms with van der Waals surface area (Å²) in [6.45, 7) is 3.97. The first-order valence-electron chi connectivity index (χ1n) is 10.3. The van der Waals surface area contributed by atoms with E-state index in [2.05, 4.69) is 4.98 Å². The van der Waals surface area contributed by atoms with Crippen LogP contribution in [0, 0.1) is 6.92 Å². The van der Waals surface area contributed by atoms with Crippen molar-refractivity contribution in [3.63, 3.8) is 0 Å². The minimum Gasteiger partial charge on any atom is -0.493 e. The molecule has 1 aliphatic heterocycles. The van der Waals surface area contributed by atoms with E-state index < -0.39 is 5.97 Å². The van der Waals surface area contributed by atoms with Crippen LogP contribution in [0.2, 0.25) is 0 Å². The van der Waals surface area contributed by atoms with Crippen LogP contribution < -0.4 is 4.74 Å². The highest BCUT2D eigenvalue weighted by molar-refractivity contribution is 5.73. The largest absolute Gasteiger partial charge is 0.493 e. The molecule has 1 N–H and O–H groups in total. The Hall–Kier alpha value is -3.12. The average Bonchev–Trinajstić information content (AvgIpc) is 3.38. The van der Waals surface area contributed by atoms with Crippen LogP contribution in [0.1, 0.15) is 29.7 Å². The number of nitrogens with zero attached hydrogens (tertiary/aromatic N) is 2. The highest BCUT2D eigenvalue weighted by Gasteiger charge is 2.30. The van der Waals surface area contributed by atoms with E-state index in [1.165, 1.54) is 5.56 Å². The lowest BCUT2D eigenvalue weighted by molar-refractivity contribution is -0.142. The predicted octanol–water partition coefficient (Wildman–Crippen LogP) is 4.32. The zero-order chi connectivity index (χ0) is 20.9. The fraction of sp³-hybridized carbons (Fsp3) is 0.333. The third kappa shape index (κ3) is 4.89. The molecule has 1 aliphatic rings. The first-order chi connectivity index (χ1) is 14.6. The SMILES string of the molecule is Cc1cccc(-c2nc(CCOc3cccc(CN4CCCC4C(=O)O)c3)co2)c1. The number of carboxylic acid groups (broad SMARTS) is 1. The topological polar surface area (TPSA) is 75.8 Å². The van der Waals surface area contributed by atoms with Crippen molar-refractivity contribution in [1.29, 1.82) is 0 Å². The molecule has 1 fully saturated rings. The second kappa shape index (κ2) is 9.13. The number of aryl methyl sites for hydroxylation is 1. The Morgan fingerprint density at radius 1 is 1.27 bits per heavy atom. The maximum Gasteiger partial charge on any atom is 0.320 e. The van der Waals surface area contributed by atoms with Crippen molar-refractivity contribution in [3.8, 4) is 17.2 Å². The lowest BCUT2D eigenvalue weighted by Crippen LogP contribution is -2.35. The summed E-state index contributed by atoms with van der Waals surface area (Å²) < 4.78 is 11.5. The molecule has 0 radical (unpaired) electrons. The minimum atomic E-state index is -0.738. The van der Waals surface area contributed by atoms with E-state index >= 15 is 0 Å². The van der Waals surface area contributed by atoms with Gasteiger partial charge in [-0.1, -0.05) is 29.8 Å². The number of oxazole rings is 1. The van der Waals surface area contributed by atoms with Gasteiger partial charge in [0.2, 0.25) is 5.89 Å². The van der Waals surface area contributed by atoms with Crippen molar-refractivity contribution in [1.82, 2.24) is 9.88 Å². The van der Waals surface area contributed by atoms with E-state index in [4.69, 9.17) is 9.15 Å². The number of carboxylic acids is 1. The number of benzene rings is 2. The summed E-state index contributed by atoms with van der Waals surface area (Å²) in [5.41, 5.74) is 4.04. The van der Waals surface area contributed by atoms with Crippen molar-refractivity contribution in [2.45, 2.75) is 38.8 Å². The van der Waals surface area contributed by atoms with E-state index in [0.29, 0.717) is 31.9 Å². The van der Waals surface area contributed by atoms with E-state index in [0.717, 1.165) is 35.5 Å². The van der Waals surface area contributed by atoms with Crippen LogP contribution in [-0.4, -0.2) is 40.2 Å². The van der Waals surface area contributed by atoms with Gasteiger partial charge in [0.15, 0.2) is 0 Å². The molecule has 1 unspecified atom stereocenters. The molecule has 0 amide bonds. The van der Waals surface area contributed by atoms with E-state index in [1.807, 2.05) is 60.4 Å². The van der Waals surface area contributed by atoms with Crippen LogP contribution >= 0.6 is 0 Å². The van der Waals surface area contributed by atoms with Crippen LogP contribution in [0.4, 0.5) is 0 Å². The third-order valence-electron chi connectivity index (χ3n) is 5.38. The Morgan fingerprint density at radius 2 is 2.13 bits per heavy atom. The highest BCUT2D eigenvalue weighted by Crippen LogP contribution is 2.23. The maximum atomic E-state index is 11.4. The predicted molar refractivity (Wildman–Crippen MR) is 113 cm³/mol. The van der Waals surface area contributed by atoms with Gasteiger partial charge < -0.3 is 14.3 Å². The van der Waals surface area contributed by atoms with Gasteiger partial charge in [0.05, 0.1) is 12.3 Å². The molecule has 1 atom stereocenters. The van der Waals surface area contributed by atoms with E-state index in [1.54, 1.807) is 6.26 Å². The molecule has 6 heteroatoms. The van der Waals surface area contributed by atoms with Crippen LogP contribution in [0.15, 0.2) is 59.2 Å². The highest BCUT2D eigenvalue weighted by atomic mass is 16.5. The van der Waals surface area contributed by atoms with Gasteiger partial charge in [-0.2, -0.15) is 0 Å². The van der Waals surface area contributed by atoms with Gasteiger partial charge in [-0.05, 0) is 56.1 Å². The number of ether oxygens (including phenoxy) is 1. The maximum absolute atomic E-state index is 11.4. The van der Waals surface area contributed by atoms with Crippen LogP contribution in [0.25, 0.3) is 11.5 Å². The Bertz CT molecular complexity index is 1010. The van der Waals surface area contributed by atoms with Crippen LogP contribution in [0.3, 0.4) is 0 Å². The first-order valence-corrected chi connectivity index (χ1v) is 10.3. The second-order valence-electron chi connectivity index (χ2n) is 7.73. The van der Waals surface area contributed by atoms with Crippen molar-refractivity contribution < 1.29 is 19.1 Å². The fourth-order valence-corrected chi connectivity index (χ4v) is 3.87. The molecule has 0 bridgehead atoms. The zero-order valence-corrected chi connectivity index (χ0v) is 17.1. The normalized spacial score (nSPS) is 16.6. The molecule has 6 nitrogen and oxygen atoms in total. The van der Waals surface area contributed by atoms with Crippen molar-refractivity contribution in [2.24, 2.45) is 0 Å². The van der Waals surface area contributed by atoms with Gasteiger partial charge in [-0.15, -0.1) is 0 Å². The van der Waals surface area contributed by atoms with E-state index in [9.17, 15) is 9.90 Å². The number of aliphatic carboxylic acids is 1. The number of hydrogen-bond acceptors (Lipinski definition) is 5. The molecule has 1 saturated heterocycles. The zero-order valence-electron chi connectivity index (χ0n) is 17.1. The quantitative estimate of drug-likeness (QED) is 0.600. The molecular weight excluding hydrogens is 380 g/mol. The van der Waals surface area contributed by atoms with Gasteiger partial charge in [-0.3, -0.25) is 9.69 Å². The standard InChI is InChI=1S/C24H26N2O4/c1-17-5-2-7-19(13-17)23-25-20(16-30-23)10-12-29-21-8-3-6-18(14-21)15-26-11-4-9-22(26)24(27)28/h2-3,5-8,13-14,16,22H,4,9-12,15H2,1H3,(H,27,28). The molecule has 0 saturated carbocycles. The fourth-order valence-electron chi connectivity index (χ4n) is 3.87. The molecule has 2 aromatic carbocycles. The Balaban J connectivity index is 1.32.